The SMILES string of the molecule is O=C(O)[C@H]1O[C@@H](O[C@H](COc2cccc3ncccc23)CN2CCN(C(=O)C(c3ccccc3)c3ccccc3)CC2)[C@H](O)[C@@H](O)[C@@H]1O. The summed E-state index contributed by atoms with van der Waals surface area (Å²) in [6.07, 6.45) is -7.77. The average molecular weight is 658 g/mol. The quantitative estimate of drug-likeness (QED) is 0.186. The van der Waals surface area contributed by atoms with Gasteiger partial charge in [-0.05, 0) is 35.4 Å². The van der Waals surface area contributed by atoms with E-state index in [1.807, 2.05) is 83.8 Å². The fraction of sp³-hybridized carbons (Fsp3) is 0.361. The molecule has 4 N–H and O–H groups in total. The number of fused-ring (bicyclic) bond motifs is 1. The van der Waals surface area contributed by atoms with Crippen LogP contribution in [-0.2, 0) is 19.1 Å². The molecule has 2 fully saturated rings. The van der Waals surface area contributed by atoms with E-state index in [4.69, 9.17) is 14.2 Å². The first kappa shape index (κ1) is 33.5. The number of carbonyl (C=O) groups is 2. The van der Waals surface area contributed by atoms with Crippen molar-refractivity contribution < 1.29 is 44.2 Å². The molecule has 3 heterocycles. The maximum atomic E-state index is 14.0. The van der Waals surface area contributed by atoms with Crippen molar-refractivity contribution in [1.82, 2.24) is 14.8 Å². The van der Waals surface area contributed by atoms with Crippen molar-refractivity contribution in [1.29, 1.82) is 0 Å². The number of carboxylic acids is 1. The zero-order valence-electron chi connectivity index (χ0n) is 26.2. The van der Waals surface area contributed by atoms with Gasteiger partial charge in [0.25, 0.3) is 0 Å². The van der Waals surface area contributed by atoms with Gasteiger partial charge in [0.15, 0.2) is 12.4 Å². The van der Waals surface area contributed by atoms with Crippen LogP contribution in [0, 0.1) is 0 Å². The number of hydrogen-bond acceptors (Lipinski definition) is 10. The predicted octanol–water partition coefficient (Wildman–Crippen LogP) is 1.87. The third-order valence-electron chi connectivity index (χ3n) is 8.83. The number of rotatable bonds is 11. The molecule has 12 nitrogen and oxygen atoms in total. The first-order valence-electron chi connectivity index (χ1n) is 16.0. The predicted molar refractivity (Wildman–Crippen MR) is 174 cm³/mol. The first-order chi connectivity index (χ1) is 23.3. The molecule has 0 spiro atoms. The number of hydrogen-bond donors (Lipinski definition) is 4. The van der Waals surface area contributed by atoms with Crippen molar-refractivity contribution in [3.05, 3.63) is 108 Å². The number of nitrogens with zero attached hydrogens (tertiary/aromatic N) is 3. The molecule has 2 aliphatic rings. The van der Waals surface area contributed by atoms with Crippen molar-refractivity contribution in [2.75, 3.05) is 39.3 Å². The van der Waals surface area contributed by atoms with Gasteiger partial charge in [0.1, 0.15) is 36.8 Å². The molecule has 1 amide bonds. The highest BCUT2D eigenvalue weighted by atomic mass is 16.7. The number of aliphatic hydroxyl groups is 3. The number of aromatic nitrogens is 1. The Bertz CT molecular complexity index is 1620. The van der Waals surface area contributed by atoms with Crippen molar-refractivity contribution in [2.24, 2.45) is 0 Å². The van der Waals surface area contributed by atoms with Crippen LogP contribution in [0.1, 0.15) is 17.0 Å². The summed E-state index contributed by atoms with van der Waals surface area (Å²) in [6, 6.07) is 28.6. The molecule has 6 rings (SSSR count). The van der Waals surface area contributed by atoms with E-state index in [9.17, 15) is 30.0 Å². The molecule has 0 saturated carbocycles. The van der Waals surface area contributed by atoms with Crippen LogP contribution in [0.25, 0.3) is 10.9 Å². The highest BCUT2D eigenvalue weighted by molar-refractivity contribution is 5.87. The second-order valence-corrected chi connectivity index (χ2v) is 12.0. The lowest BCUT2D eigenvalue weighted by Gasteiger charge is -2.41. The van der Waals surface area contributed by atoms with E-state index in [0.29, 0.717) is 31.9 Å². The fourth-order valence-electron chi connectivity index (χ4n) is 6.26. The van der Waals surface area contributed by atoms with Crippen LogP contribution in [0.15, 0.2) is 97.2 Å². The van der Waals surface area contributed by atoms with Crippen LogP contribution in [0.4, 0.5) is 0 Å². The lowest BCUT2D eigenvalue weighted by atomic mass is 9.90. The number of aliphatic carboxylic acids is 1. The maximum Gasteiger partial charge on any atom is 0.335 e. The van der Waals surface area contributed by atoms with Gasteiger partial charge in [0.2, 0.25) is 5.91 Å². The minimum atomic E-state index is -1.84. The summed E-state index contributed by atoms with van der Waals surface area (Å²) in [5, 5.41) is 41.5. The van der Waals surface area contributed by atoms with Gasteiger partial charge in [-0.2, -0.15) is 0 Å². The van der Waals surface area contributed by atoms with Crippen molar-refractivity contribution in [2.45, 2.75) is 42.7 Å². The Morgan fingerprint density at radius 2 is 1.48 bits per heavy atom. The van der Waals surface area contributed by atoms with Crippen molar-refractivity contribution in [3.63, 3.8) is 0 Å². The molecule has 48 heavy (non-hydrogen) atoms. The summed E-state index contributed by atoms with van der Waals surface area (Å²) in [5.74, 6) is -1.36. The molecule has 1 aromatic heterocycles. The zero-order valence-corrected chi connectivity index (χ0v) is 26.2. The van der Waals surface area contributed by atoms with Gasteiger partial charge in [-0.15, -0.1) is 0 Å². The van der Waals surface area contributed by atoms with Gasteiger partial charge in [0, 0.05) is 44.3 Å². The van der Waals surface area contributed by atoms with Gasteiger partial charge in [-0.25, -0.2) is 4.79 Å². The Morgan fingerprint density at radius 3 is 2.12 bits per heavy atom. The minimum Gasteiger partial charge on any atom is -0.490 e. The number of amides is 1. The highest BCUT2D eigenvalue weighted by Gasteiger charge is 2.48. The normalized spacial score (nSPS) is 24.0. The van der Waals surface area contributed by atoms with Crippen LogP contribution in [0.2, 0.25) is 0 Å². The first-order valence-corrected chi connectivity index (χ1v) is 16.0. The van der Waals surface area contributed by atoms with Gasteiger partial charge < -0.3 is 39.5 Å². The summed E-state index contributed by atoms with van der Waals surface area (Å²) in [5.41, 5.74) is 2.58. The smallest absolute Gasteiger partial charge is 0.335 e. The third kappa shape index (κ3) is 7.49. The summed E-state index contributed by atoms with van der Waals surface area (Å²) >= 11 is 0. The van der Waals surface area contributed by atoms with E-state index in [2.05, 4.69) is 9.88 Å². The minimum absolute atomic E-state index is 0.0127. The molecular weight excluding hydrogens is 618 g/mol. The molecule has 0 unspecified atom stereocenters. The highest BCUT2D eigenvalue weighted by Crippen LogP contribution is 2.29. The van der Waals surface area contributed by atoms with Gasteiger partial charge in [0.05, 0.1) is 11.4 Å². The Hall–Kier alpha value is -4.43. The number of pyridine rings is 1. The largest absolute Gasteiger partial charge is 0.490 e. The van der Waals surface area contributed by atoms with Crippen LogP contribution in [0.5, 0.6) is 5.75 Å². The molecular formula is C36H39N3O9. The Kier molecular flexibility index (Phi) is 10.6. The lowest BCUT2D eigenvalue weighted by molar-refractivity contribution is -0.306. The Balaban J connectivity index is 1.16. The molecule has 2 aliphatic heterocycles. The molecule has 0 bridgehead atoms. The summed E-state index contributed by atoms with van der Waals surface area (Å²) in [6.45, 7) is 2.24. The number of carboxylic acid groups (broad SMARTS) is 1. The molecule has 252 valence electrons. The topological polar surface area (TPSA) is 162 Å². The molecule has 12 heteroatoms. The number of benzene rings is 3. The van der Waals surface area contributed by atoms with Crippen LogP contribution in [-0.4, -0.2) is 123 Å². The molecule has 0 aliphatic carbocycles. The standard InChI is InChI=1S/C36H39N3O9/c40-30-31(41)33(35(44)45)48-36(32(30)42)47-25(22-46-28-15-7-14-27-26(28)13-8-16-37-27)21-38-17-19-39(20-18-38)34(43)29(23-9-3-1-4-10-23)24-11-5-2-6-12-24/h1-16,25,29-33,36,40-42H,17-22H2,(H,44,45)/t25-,30-,31-,32+,33-,36+/m0/s1. The van der Waals surface area contributed by atoms with Gasteiger partial charge >= 0.3 is 5.97 Å². The molecule has 3 aromatic carbocycles. The average Bonchev–Trinajstić information content (AvgIpc) is 3.12. The van der Waals surface area contributed by atoms with E-state index in [-0.39, 0.29) is 19.1 Å². The van der Waals surface area contributed by atoms with Crippen LogP contribution >= 0.6 is 0 Å². The van der Waals surface area contributed by atoms with Gasteiger partial charge in [-0.3, -0.25) is 14.7 Å². The number of ether oxygens (including phenoxy) is 3. The number of aliphatic hydroxyl groups excluding tert-OH is 3. The zero-order chi connectivity index (χ0) is 33.6. The summed E-state index contributed by atoms with van der Waals surface area (Å²) < 4.78 is 17.7. The molecule has 6 atom stereocenters. The second-order valence-electron chi connectivity index (χ2n) is 12.0. The summed E-state index contributed by atoms with van der Waals surface area (Å²) in [4.78, 5) is 34.0. The van der Waals surface area contributed by atoms with Gasteiger partial charge in [-0.1, -0.05) is 66.7 Å². The second kappa shape index (κ2) is 15.2. The van der Waals surface area contributed by atoms with E-state index in [1.54, 1.807) is 18.3 Å². The Labute approximate surface area is 277 Å². The van der Waals surface area contributed by atoms with Crippen LogP contribution in [0.3, 0.4) is 0 Å². The maximum absolute atomic E-state index is 14.0. The van der Waals surface area contributed by atoms with Crippen LogP contribution < -0.4 is 4.74 Å². The molecule has 4 aromatic rings. The van der Waals surface area contributed by atoms with E-state index >= 15 is 0 Å². The summed E-state index contributed by atoms with van der Waals surface area (Å²) in [7, 11) is 0. The third-order valence-corrected chi connectivity index (χ3v) is 8.83. The van der Waals surface area contributed by atoms with Crippen molar-refractivity contribution >= 4 is 22.8 Å². The molecule has 2 saturated heterocycles. The number of piperazine rings is 1. The number of carbonyl (C=O) groups excluding carboxylic acids is 1. The van der Waals surface area contributed by atoms with E-state index in [0.717, 1.165) is 22.0 Å². The lowest BCUT2D eigenvalue weighted by Crippen LogP contribution is -2.61. The molecule has 0 radical (unpaired) electrons. The van der Waals surface area contributed by atoms with E-state index < -0.39 is 48.7 Å². The fourth-order valence-corrected chi connectivity index (χ4v) is 6.26. The van der Waals surface area contributed by atoms with Crippen molar-refractivity contribution in [3.8, 4) is 5.75 Å². The van der Waals surface area contributed by atoms with E-state index in [1.165, 1.54) is 0 Å². The monoisotopic (exact) mass is 657 g/mol. The Morgan fingerprint density at radius 1 is 0.812 bits per heavy atom.